The van der Waals surface area contributed by atoms with E-state index < -0.39 is 10.8 Å². The van der Waals surface area contributed by atoms with Crippen molar-refractivity contribution in [2.75, 3.05) is 26.2 Å². The van der Waals surface area contributed by atoms with Crippen LogP contribution in [0.2, 0.25) is 0 Å². The number of carbonyl (C=O) groups excluding carboxylic acids is 3. The number of anilines is 1. The fourth-order valence-corrected chi connectivity index (χ4v) is 9.98. The Morgan fingerprint density at radius 2 is 1.71 bits per heavy atom. The van der Waals surface area contributed by atoms with Gasteiger partial charge in [0.25, 0.3) is 0 Å². The van der Waals surface area contributed by atoms with Crippen LogP contribution in [0.25, 0.3) is 17.6 Å². The second-order valence-electron chi connectivity index (χ2n) is 15.6. The summed E-state index contributed by atoms with van der Waals surface area (Å²) in [6.45, 7) is 10.4. The number of hydrogen-bond donors (Lipinski definition) is 0. The van der Waals surface area contributed by atoms with Crippen molar-refractivity contribution in [1.82, 2.24) is 4.98 Å². The monoisotopic (exact) mass is 818 g/mol. The van der Waals surface area contributed by atoms with Crippen molar-refractivity contribution >= 4 is 59.1 Å². The fraction of sp³-hybridized carbons (Fsp3) is 0.348. The number of likely N-dealkylation sites (N-methyl/N-ethyl adjacent to an activating group) is 1. The number of allylic oxidation sites excluding steroid dienone is 7. The summed E-state index contributed by atoms with van der Waals surface area (Å²) >= 11 is 0. The third-order valence-corrected chi connectivity index (χ3v) is 13.0. The number of benzene rings is 1. The average Bonchev–Trinajstić information content (AvgIpc) is 3.90. The van der Waals surface area contributed by atoms with Crippen molar-refractivity contribution in [2.24, 2.45) is 20.4 Å². The number of rotatable bonds is 8. The van der Waals surface area contributed by atoms with Gasteiger partial charge in [-0.3, -0.25) is 25.2 Å². The number of carbonyl (C=O) groups is 3. The van der Waals surface area contributed by atoms with Crippen LogP contribution < -0.4 is 9.88 Å². The Balaban J connectivity index is 0.00000512. The third-order valence-electron chi connectivity index (χ3n) is 13.0. The fourth-order valence-electron chi connectivity index (χ4n) is 9.98. The van der Waals surface area contributed by atoms with Gasteiger partial charge in [-0.05, 0) is 111 Å². The molecule has 58 heavy (non-hydrogen) atoms. The Morgan fingerprint density at radius 1 is 0.983 bits per heavy atom. The Morgan fingerprint density at radius 3 is 2.38 bits per heavy atom. The largest absolute Gasteiger partial charge is 2.00 e. The zero-order valence-corrected chi connectivity index (χ0v) is 34.8. The van der Waals surface area contributed by atoms with Gasteiger partial charge in [-0.1, -0.05) is 30.2 Å². The Kier molecular flexibility index (Phi) is 10.4. The van der Waals surface area contributed by atoms with Gasteiger partial charge in [-0.2, -0.15) is 0 Å². The average molecular weight is 820 g/mol. The molecule has 0 saturated carbocycles. The van der Waals surface area contributed by atoms with E-state index in [9.17, 15) is 19.8 Å². The number of hydrogen-bond acceptors (Lipinski definition) is 9. The van der Waals surface area contributed by atoms with Gasteiger partial charge in [0.2, 0.25) is 0 Å². The van der Waals surface area contributed by atoms with E-state index >= 15 is 0 Å². The normalized spacial score (nSPS) is 23.6. The predicted molar refractivity (Wildman–Crippen MR) is 223 cm³/mol. The van der Waals surface area contributed by atoms with Crippen LogP contribution in [0.3, 0.4) is 0 Å². The first-order valence-corrected chi connectivity index (χ1v) is 19.3. The van der Waals surface area contributed by atoms with Crippen molar-refractivity contribution in [3.8, 4) is 0 Å². The van der Waals surface area contributed by atoms with Crippen molar-refractivity contribution in [1.29, 1.82) is 0 Å². The van der Waals surface area contributed by atoms with Crippen LogP contribution in [-0.4, -0.2) is 68.5 Å². The topological polar surface area (TPSA) is 146 Å². The predicted octanol–water partition coefficient (Wildman–Crippen LogP) is 7.31. The summed E-state index contributed by atoms with van der Waals surface area (Å²) in [5, 5.41) is 10.9. The molecule has 298 valence electrons. The smallest absolute Gasteiger partial charge is 0.763 e. The van der Waals surface area contributed by atoms with Gasteiger partial charge in [0.05, 0.1) is 65.3 Å². The molecule has 0 unspecified atom stereocenters. The van der Waals surface area contributed by atoms with Crippen LogP contribution in [0.15, 0.2) is 96.4 Å². The van der Waals surface area contributed by atoms with E-state index in [4.69, 9.17) is 29.4 Å². The maximum atomic E-state index is 12.5. The molecule has 0 amide bonds. The van der Waals surface area contributed by atoms with Gasteiger partial charge in [0.1, 0.15) is 6.29 Å². The number of methoxy groups -OCH3 is 2. The van der Waals surface area contributed by atoms with Crippen molar-refractivity contribution in [3.05, 3.63) is 120 Å². The van der Waals surface area contributed by atoms with Gasteiger partial charge in [0, 0.05) is 36.7 Å². The second-order valence-corrected chi connectivity index (χ2v) is 15.6. The Hall–Kier alpha value is -5.70. The number of fused-ring (bicyclic) bond motifs is 9. The van der Waals surface area contributed by atoms with E-state index in [1.807, 2.05) is 76.4 Å². The molecule has 0 fully saturated rings. The quantitative estimate of drug-likeness (QED) is 0.118. The maximum Gasteiger partial charge on any atom is 2.00 e. The summed E-state index contributed by atoms with van der Waals surface area (Å²) in [5.74, 6) is 1.93. The van der Waals surface area contributed by atoms with Crippen LogP contribution in [-0.2, 0) is 47.4 Å². The molecule has 8 rings (SSSR count). The zero-order valence-electron chi connectivity index (χ0n) is 33.8. The molecule has 0 radical (unpaired) electrons. The number of aldehydes is 1. The summed E-state index contributed by atoms with van der Waals surface area (Å²) in [5.41, 5.74) is 12.5. The van der Waals surface area contributed by atoms with Crippen LogP contribution >= 0.6 is 0 Å². The second kappa shape index (κ2) is 14.9. The molecule has 0 saturated heterocycles. The summed E-state index contributed by atoms with van der Waals surface area (Å²) < 4.78 is 10.0. The SMILES string of the molecule is CC[C@]12C3=NC4=CC5=NC(=Cc6[n-]c(c(C)c6CCC(=O)OC)C=C6C=C(C)C(=N6)C3=CC(=C=[N-])[C@H]1N(C)c1ccc(C=O)cc1[C@@]42C)C(CCC(=O)OC)=C5C.[Ni+2]. The maximum absolute atomic E-state index is 12.5. The number of aliphatic imine (C=N–C) groups is 3. The zero-order chi connectivity index (χ0) is 40.6. The molecule has 1 aromatic heterocycles. The van der Waals surface area contributed by atoms with E-state index in [0.717, 1.165) is 68.1 Å². The molecule has 6 heterocycles. The summed E-state index contributed by atoms with van der Waals surface area (Å²) in [6, 6.07) is 5.39. The van der Waals surface area contributed by atoms with E-state index in [-0.39, 0.29) is 47.3 Å². The molecule has 2 aromatic rings. The van der Waals surface area contributed by atoms with Crippen molar-refractivity contribution in [2.45, 2.75) is 78.2 Å². The first-order chi connectivity index (χ1) is 27.3. The summed E-state index contributed by atoms with van der Waals surface area (Å²) in [7, 11) is 4.78. The molecule has 5 aliphatic heterocycles. The molecule has 8 bridgehead atoms. The summed E-state index contributed by atoms with van der Waals surface area (Å²) in [4.78, 5) is 60.6. The first-order valence-electron chi connectivity index (χ1n) is 19.3. The number of nitrogens with zero attached hydrogens (tertiary/aromatic N) is 6. The van der Waals surface area contributed by atoms with E-state index in [0.29, 0.717) is 58.9 Å². The van der Waals surface area contributed by atoms with Gasteiger partial charge in [0.15, 0.2) is 0 Å². The Bertz CT molecular complexity index is 2570. The number of ether oxygens (including phenoxy) is 2. The number of esters is 2. The molecule has 0 spiro atoms. The summed E-state index contributed by atoms with van der Waals surface area (Å²) in [6.07, 6.45) is 12.6. The minimum Gasteiger partial charge on any atom is -0.763 e. The van der Waals surface area contributed by atoms with Crippen LogP contribution in [0, 0.1) is 12.3 Å². The van der Waals surface area contributed by atoms with Gasteiger partial charge in [-0.25, -0.2) is 9.98 Å². The van der Waals surface area contributed by atoms with Gasteiger partial charge < -0.3 is 24.8 Å². The third kappa shape index (κ3) is 5.79. The molecule has 12 heteroatoms. The number of aromatic nitrogens is 1. The molecular weight excluding hydrogens is 775 g/mol. The minimum absolute atomic E-state index is 0. The van der Waals surface area contributed by atoms with Crippen LogP contribution in [0.1, 0.15) is 91.8 Å². The van der Waals surface area contributed by atoms with Gasteiger partial charge in [-0.15, -0.1) is 11.4 Å². The van der Waals surface area contributed by atoms with Crippen LogP contribution in [0.5, 0.6) is 0 Å². The van der Waals surface area contributed by atoms with E-state index in [1.54, 1.807) is 0 Å². The van der Waals surface area contributed by atoms with Crippen molar-refractivity contribution < 1.29 is 40.3 Å². The first kappa shape index (κ1) is 40.5. The van der Waals surface area contributed by atoms with E-state index in [2.05, 4.69) is 24.6 Å². The molecule has 0 N–H and O–H groups in total. The Labute approximate surface area is 348 Å². The van der Waals surface area contributed by atoms with Crippen molar-refractivity contribution in [3.63, 3.8) is 0 Å². The molecular formula is C46H44N6NiO5. The molecule has 1 aliphatic carbocycles. The van der Waals surface area contributed by atoms with Gasteiger partial charge >= 0.3 is 28.4 Å². The van der Waals surface area contributed by atoms with E-state index in [1.165, 1.54) is 14.2 Å². The standard InChI is InChI=1S/C46H44N6O5.Ni/c1-9-46-43-32-18-28(22-47)44(46)52(6)38-13-10-27(23-53)17-33(38)45(46,5)39(51-43)21-35-26(4)31(12-15-41(55)57-8)37(50-35)20-36-30(11-14-40(54)56-7)25(3)34(49-36)19-29-16-24(2)42(32)48-29;/h10,13,16-21,23,44H,9,11-12,14-15H2,1-8H3;/q-2;+2/t44-,45+,46+;/m1./s1. The van der Waals surface area contributed by atoms with Crippen LogP contribution in [0.4, 0.5) is 5.69 Å². The molecule has 11 nitrogen and oxygen atoms in total. The molecule has 3 atom stereocenters. The molecule has 1 aromatic carbocycles. The molecule has 6 aliphatic rings. The minimum atomic E-state index is -0.824.